The van der Waals surface area contributed by atoms with Crippen LogP contribution in [-0.2, 0) is 20.4 Å². The Morgan fingerprint density at radius 2 is 1.80 bits per heavy atom. The smallest absolute Gasteiger partial charge is 0.245 e. The van der Waals surface area contributed by atoms with E-state index in [1.807, 2.05) is 43.3 Å². The van der Waals surface area contributed by atoms with Gasteiger partial charge in [0.25, 0.3) is 0 Å². The molecule has 2 fully saturated rings. The zero-order valence-corrected chi connectivity index (χ0v) is 15.6. The average molecular weight is 378 g/mol. The van der Waals surface area contributed by atoms with Crippen molar-refractivity contribution >= 4 is 21.6 Å². The van der Waals surface area contributed by atoms with Crippen molar-refractivity contribution in [1.29, 1.82) is 0 Å². The summed E-state index contributed by atoms with van der Waals surface area (Å²) in [5.41, 5.74) is 1.45. The number of nitrogens with zero attached hydrogens (tertiary/aromatic N) is 1. The van der Waals surface area contributed by atoms with Gasteiger partial charge in [0.15, 0.2) is 0 Å². The molecular weight excluding hydrogens is 358 g/mol. The molecule has 0 N–H and O–H groups in total. The van der Waals surface area contributed by atoms with Gasteiger partial charge in [-0.15, -0.1) is 0 Å². The van der Waals surface area contributed by atoms with Crippen LogP contribution < -0.4 is 0 Å². The number of aryl methyl sites for hydroxylation is 1. The number of hydrogen-bond donors (Lipinski definition) is 0. The van der Waals surface area contributed by atoms with E-state index < -0.39 is 21.9 Å². The van der Waals surface area contributed by atoms with Gasteiger partial charge in [-0.25, -0.2) is 8.42 Å². The van der Waals surface area contributed by atoms with Crippen LogP contribution in [0.3, 0.4) is 0 Å². The second-order valence-electron chi connectivity index (χ2n) is 6.83. The summed E-state index contributed by atoms with van der Waals surface area (Å²) in [7, 11) is -3.58. The molecule has 2 aliphatic rings. The maximum atomic E-state index is 13.1. The van der Waals surface area contributed by atoms with Crippen LogP contribution >= 0.6 is 11.6 Å². The molecule has 0 radical (unpaired) electrons. The van der Waals surface area contributed by atoms with Gasteiger partial charge < -0.3 is 4.74 Å². The molecule has 0 saturated carbocycles. The predicted molar refractivity (Wildman–Crippen MR) is 96.9 cm³/mol. The van der Waals surface area contributed by atoms with Crippen LogP contribution in [0.15, 0.2) is 53.4 Å². The third-order valence-corrected chi connectivity index (χ3v) is 7.23. The lowest BCUT2D eigenvalue weighted by atomic mass is 9.88. The molecule has 0 aromatic heterocycles. The number of halogens is 1. The van der Waals surface area contributed by atoms with Crippen LogP contribution in [-0.4, -0.2) is 25.5 Å². The maximum absolute atomic E-state index is 13.1. The highest BCUT2D eigenvalue weighted by Gasteiger charge is 2.53. The van der Waals surface area contributed by atoms with E-state index in [-0.39, 0.29) is 0 Å². The minimum Gasteiger partial charge on any atom is -0.350 e. The Balaban J connectivity index is 1.70. The first-order valence-corrected chi connectivity index (χ1v) is 10.2. The fourth-order valence-corrected chi connectivity index (χ4v) is 5.47. The molecule has 2 atom stereocenters. The molecule has 2 heterocycles. The quantitative estimate of drug-likeness (QED) is 0.809. The van der Waals surface area contributed by atoms with Gasteiger partial charge in [-0.05, 0) is 56.0 Å². The van der Waals surface area contributed by atoms with Gasteiger partial charge in [-0.3, -0.25) is 0 Å². The monoisotopic (exact) mass is 377 g/mol. The molecule has 0 amide bonds. The van der Waals surface area contributed by atoms with Crippen LogP contribution in [0.4, 0.5) is 0 Å². The summed E-state index contributed by atoms with van der Waals surface area (Å²) in [6, 6.07) is 14.5. The molecular formula is C19H20ClNO3S. The molecule has 0 spiro atoms. The minimum atomic E-state index is -3.58. The van der Waals surface area contributed by atoms with Crippen LogP contribution in [0.25, 0.3) is 0 Å². The first-order valence-electron chi connectivity index (χ1n) is 8.43. The van der Waals surface area contributed by atoms with Crippen molar-refractivity contribution in [3.05, 3.63) is 64.7 Å². The van der Waals surface area contributed by atoms with Crippen LogP contribution in [0.2, 0.25) is 5.02 Å². The lowest BCUT2D eigenvalue weighted by molar-refractivity contribution is -0.0877. The molecule has 2 aliphatic heterocycles. The van der Waals surface area contributed by atoms with Crippen molar-refractivity contribution in [3.8, 4) is 0 Å². The SMILES string of the molecule is Cc1ccc(S(=O)(=O)N2C[C@]3(c4ccc(Cl)cc4)CCC[C@@H]2O3)cc1. The highest BCUT2D eigenvalue weighted by atomic mass is 35.5. The van der Waals surface area contributed by atoms with Crippen molar-refractivity contribution < 1.29 is 13.2 Å². The molecule has 2 aromatic carbocycles. The normalized spacial score (nSPS) is 26.7. The largest absolute Gasteiger partial charge is 0.350 e. The summed E-state index contributed by atoms with van der Waals surface area (Å²) in [4.78, 5) is 0.320. The number of sulfonamides is 1. The molecule has 2 bridgehead atoms. The highest BCUT2D eigenvalue weighted by molar-refractivity contribution is 7.89. The third kappa shape index (κ3) is 2.89. The zero-order chi connectivity index (χ0) is 17.7. The van der Waals surface area contributed by atoms with E-state index >= 15 is 0 Å². The van der Waals surface area contributed by atoms with Gasteiger partial charge >= 0.3 is 0 Å². The van der Waals surface area contributed by atoms with E-state index in [1.54, 1.807) is 12.1 Å². The lowest BCUT2D eigenvalue weighted by Gasteiger charge is -2.32. The Morgan fingerprint density at radius 1 is 1.12 bits per heavy atom. The molecule has 132 valence electrons. The van der Waals surface area contributed by atoms with Crippen LogP contribution in [0, 0.1) is 6.92 Å². The van der Waals surface area contributed by atoms with E-state index in [2.05, 4.69) is 0 Å². The number of benzene rings is 2. The standard InChI is InChI=1S/C19H20ClNO3S/c1-14-4-10-17(11-5-14)25(22,23)21-13-19(12-2-3-18(21)24-19)15-6-8-16(20)9-7-15/h4-11,18H,2-3,12-13H2,1H3/t18-,19-/m0/s1. The fraction of sp³-hybridized carbons (Fsp3) is 0.368. The zero-order valence-electron chi connectivity index (χ0n) is 14.0. The van der Waals surface area contributed by atoms with Gasteiger partial charge in [0.1, 0.15) is 11.8 Å². The second kappa shape index (κ2) is 6.09. The predicted octanol–water partition coefficient (Wildman–Crippen LogP) is 4.07. The van der Waals surface area contributed by atoms with E-state index in [4.69, 9.17) is 16.3 Å². The Hall–Kier alpha value is -1.40. The van der Waals surface area contributed by atoms with Gasteiger partial charge in [0.05, 0.1) is 11.4 Å². The van der Waals surface area contributed by atoms with Crippen molar-refractivity contribution in [2.24, 2.45) is 0 Å². The summed E-state index contributed by atoms with van der Waals surface area (Å²) in [5.74, 6) is 0. The number of rotatable bonds is 3. The molecule has 4 rings (SSSR count). The van der Waals surface area contributed by atoms with Crippen molar-refractivity contribution in [1.82, 2.24) is 4.31 Å². The van der Waals surface area contributed by atoms with E-state index in [1.165, 1.54) is 4.31 Å². The van der Waals surface area contributed by atoms with Crippen LogP contribution in [0.1, 0.15) is 30.4 Å². The molecule has 2 aromatic rings. The highest BCUT2D eigenvalue weighted by Crippen LogP contribution is 2.46. The first kappa shape index (κ1) is 17.0. The molecule has 25 heavy (non-hydrogen) atoms. The summed E-state index contributed by atoms with van der Waals surface area (Å²) < 4.78 is 34.1. The summed E-state index contributed by atoms with van der Waals surface area (Å²) >= 11 is 6.00. The summed E-state index contributed by atoms with van der Waals surface area (Å²) in [5, 5.41) is 0.662. The molecule has 2 saturated heterocycles. The van der Waals surface area contributed by atoms with Gasteiger partial charge in [-0.1, -0.05) is 41.4 Å². The number of hydrogen-bond acceptors (Lipinski definition) is 3. The van der Waals surface area contributed by atoms with Crippen LogP contribution in [0.5, 0.6) is 0 Å². The third-order valence-electron chi connectivity index (χ3n) is 5.12. The second-order valence-corrected chi connectivity index (χ2v) is 9.16. The molecule has 0 unspecified atom stereocenters. The lowest BCUT2D eigenvalue weighted by Crippen LogP contribution is -2.36. The molecule has 0 aliphatic carbocycles. The van der Waals surface area contributed by atoms with Crippen molar-refractivity contribution in [2.75, 3.05) is 6.54 Å². The maximum Gasteiger partial charge on any atom is 0.245 e. The Bertz CT molecular complexity index is 880. The number of fused-ring (bicyclic) bond motifs is 2. The van der Waals surface area contributed by atoms with Gasteiger partial charge in [0, 0.05) is 5.02 Å². The Morgan fingerprint density at radius 3 is 2.48 bits per heavy atom. The van der Waals surface area contributed by atoms with Crippen molar-refractivity contribution in [3.63, 3.8) is 0 Å². The van der Waals surface area contributed by atoms with Gasteiger partial charge in [-0.2, -0.15) is 4.31 Å². The Labute approximate surface area is 153 Å². The molecule has 6 heteroatoms. The van der Waals surface area contributed by atoms with E-state index in [9.17, 15) is 8.42 Å². The summed E-state index contributed by atoms with van der Waals surface area (Å²) in [6.45, 7) is 2.29. The topological polar surface area (TPSA) is 46.6 Å². The average Bonchev–Trinajstić information content (AvgIpc) is 2.88. The summed E-state index contributed by atoms with van der Waals surface area (Å²) in [6.07, 6.45) is 2.06. The molecule has 4 nitrogen and oxygen atoms in total. The van der Waals surface area contributed by atoms with E-state index in [0.717, 1.165) is 30.4 Å². The van der Waals surface area contributed by atoms with E-state index in [0.29, 0.717) is 16.5 Å². The fourth-order valence-electron chi connectivity index (χ4n) is 3.76. The first-order chi connectivity index (χ1) is 11.9. The van der Waals surface area contributed by atoms with Gasteiger partial charge in [0.2, 0.25) is 10.0 Å². The number of ether oxygens (including phenoxy) is 1. The minimum absolute atomic E-state index is 0.320. The Kier molecular flexibility index (Phi) is 4.15. The van der Waals surface area contributed by atoms with Crippen molar-refractivity contribution in [2.45, 2.75) is 42.9 Å².